The van der Waals surface area contributed by atoms with E-state index in [1.54, 1.807) is 18.2 Å². The van der Waals surface area contributed by atoms with Gasteiger partial charge >= 0.3 is 0 Å². The summed E-state index contributed by atoms with van der Waals surface area (Å²) in [6.07, 6.45) is 5.17. The van der Waals surface area contributed by atoms with Crippen LogP contribution in [0, 0.1) is 0 Å². The summed E-state index contributed by atoms with van der Waals surface area (Å²) >= 11 is 5.93. The Hall–Kier alpha value is -2.72. The number of aliphatic hydroxyl groups excluding tert-OH is 1. The number of nitrogens with one attached hydrogen (secondary N) is 3. The molecule has 0 radical (unpaired) electrons. The van der Waals surface area contributed by atoms with Crippen LogP contribution in [-0.2, 0) is 4.79 Å². The van der Waals surface area contributed by atoms with E-state index < -0.39 is 11.9 Å². The standard InChI is InChI=1S/C27H34ClFN4O4/c28-21-4-2-1-3-17(26(21)29)15-31-24(36)11-14-33-12-9-18(10-13-33)30-16-23(35)19-5-7-22(34)27-20(19)6-8-25(37)32-27/h4-8,18,23,30,34-35H,1-3,9-16H2,(H,31,36)(H,32,37). The molecule has 10 heteroatoms. The molecule has 0 spiro atoms. The summed E-state index contributed by atoms with van der Waals surface area (Å²) in [5.41, 5.74) is 1.19. The Kier molecular flexibility index (Phi) is 9.37. The molecule has 2 heterocycles. The van der Waals surface area contributed by atoms with E-state index in [0.717, 1.165) is 38.8 Å². The average Bonchev–Trinajstić information content (AvgIpc) is 3.06. The Labute approximate surface area is 220 Å². The Morgan fingerprint density at radius 2 is 2.03 bits per heavy atom. The molecule has 0 bridgehead atoms. The van der Waals surface area contributed by atoms with E-state index in [4.69, 9.17) is 11.6 Å². The van der Waals surface area contributed by atoms with Gasteiger partial charge in [-0.2, -0.15) is 0 Å². The van der Waals surface area contributed by atoms with Gasteiger partial charge in [0.1, 0.15) is 11.6 Å². The number of carbonyl (C=O) groups excluding carboxylic acids is 1. The average molecular weight is 533 g/mol. The number of nitrogens with zero attached hydrogens (tertiary/aromatic N) is 1. The van der Waals surface area contributed by atoms with Crippen LogP contribution in [0.1, 0.15) is 50.2 Å². The Morgan fingerprint density at radius 3 is 2.81 bits per heavy atom. The van der Waals surface area contributed by atoms with E-state index in [1.165, 1.54) is 12.1 Å². The highest BCUT2D eigenvalue weighted by atomic mass is 35.5. The molecule has 1 saturated heterocycles. The van der Waals surface area contributed by atoms with Crippen LogP contribution in [0.4, 0.5) is 4.39 Å². The SMILES string of the molecule is O=C(CCN1CCC(NCC(O)c2ccc(O)c3[nH]c(=O)ccc23)CC1)NCC1=C(F)C(Cl)=CCCC1. The highest BCUT2D eigenvalue weighted by molar-refractivity contribution is 6.31. The number of likely N-dealkylation sites (tertiary alicyclic amines) is 1. The molecule has 2 aromatic rings. The molecule has 1 fully saturated rings. The molecule has 1 unspecified atom stereocenters. The Balaban J connectivity index is 1.18. The summed E-state index contributed by atoms with van der Waals surface area (Å²) in [6.45, 7) is 2.85. The van der Waals surface area contributed by atoms with Crippen molar-refractivity contribution < 1.29 is 19.4 Å². The number of rotatable bonds is 9. The molecule has 1 aliphatic heterocycles. The second kappa shape index (κ2) is 12.7. The van der Waals surface area contributed by atoms with Gasteiger partial charge in [0.25, 0.3) is 0 Å². The van der Waals surface area contributed by atoms with E-state index in [0.29, 0.717) is 48.0 Å². The van der Waals surface area contributed by atoms with Crippen LogP contribution >= 0.6 is 11.6 Å². The molecule has 2 aliphatic rings. The number of carbonyl (C=O) groups is 1. The smallest absolute Gasteiger partial charge is 0.248 e. The third-order valence-electron chi connectivity index (χ3n) is 7.13. The Bertz CT molecular complexity index is 1240. The number of pyridine rings is 1. The molecule has 1 aromatic heterocycles. The summed E-state index contributed by atoms with van der Waals surface area (Å²) in [4.78, 5) is 28.8. The summed E-state index contributed by atoms with van der Waals surface area (Å²) < 4.78 is 14.2. The van der Waals surface area contributed by atoms with Gasteiger partial charge in [-0.25, -0.2) is 4.39 Å². The molecular formula is C27H34ClFN4O4. The van der Waals surface area contributed by atoms with Crippen LogP contribution in [0.25, 0.3) is 10.9 Å². The molecule has 1 aromatic carbocycles. The minimum absolute atomic E-state index is 0.0344. The maximum atomic E-state index is 14.2. The molecule has 5 N–H and O–H groups in total. The number of benzene rings is 1. The third kappa shape index (κ3) is 7.19. The van der Waals surface area contributed by atoms with E-state index >= 15 is 0 Å². The van der Waals surface area contributed by atoms with Crippen LogP contribution in [0.3, 0.4) is 0 Å². The van der Waals surface area contributed by atoms with Gasteiger partial charge in [-0.05, 0) is 68.5 Å². The van der Waals surface area contributed by atoms with Crippen molar-refractivity contribution in [2.24, 2.45) is 0 Å². The molecule has 8 nitrogen and oxygen atoms in total. The zero-order valence-electron chi connectivity index (χ0n) is 20.7. The molecule has 0 saturated carbocycles. The largest absolute Gasteiger partial charge is 0.506 e. The molecule has 1 amide bonds. The van der Waals surface area contributed by atoms with Crippen LogP contribution < -0.4 is 16.2 Å². The van der Waals surface area contributed by atoms with Crippen molar-refractivity contribution in [2.45, 2.75) is 50.7 Å². The summed E-state index contributed by atoms with van der Waals surface area (Å²) in [7, 11) is 0. The first kappa shape index (κ1) is 27.3. The molecule has 37 heavy (non-hydrogen) atoms. The highest BCUT2D eigenvalue weighted by Gasteiger charge is 2.22. The number of halogens is 2. The topological polar surface area (TPSA) is 118 Å². The molecule has 1 aliphatic carbocycles. The maximum absolute atomic E-state index is 14.2. The second-order valence-electron chi connectivity index (χ2n) is 9.71. The number of aliphatic hydroxyl groups is 1. The minimum Gasteiger partial charge on any atom is -0.506 e. The number of H-pyrrole nitrogens is 1. The quantitative estimate of drug-likeness (QED) is 0.338. The predicted octanol–water partition coefficient (Wildman–Crippen LogP) is 3.36. The van der Waals surface area contributed by atoms with Crippen molar-refractivity contribution >= 4 is 28.4 Å². The van der Waals surface area contributed by atoms with Gasteiger partial charge in [0.05, 0.1) is 16.7 Å². The second-order valence-corrected chi connectivity index (χ2v) is 10.1. The lowest BCUT2D eigenvalue weighted by molar-refractivity contribution is -0.121. The van der Waals surface area contributed by atoms with Crippen molar-refractivity contribution in [1.82, 2.24) is 20.5 Å². The highest BCUT2D eigenvalue weighted by Crippen LogP contribution is 2.29. The molecular weight excluding hydrogens is 499 g/mol. The van der Waals surface area contributed by atoms with Crippen molar-refractivity contribution in [1.29, 1.82) is 0 Å². The number of amides is 1. The van der Waals surface area contributed by atoms with E-state index in [2.05, 4.69) is 20.5 Å². The molecule has 200 valence electrons. The number of aromatic hydroxyl groups is 1. The van der Waals surface area contributed by atoms with Crippen molar-refractivity contribution in [3.05, 3.63) is 62.7 Å². The zero-order valence-corrected chi connectivity index (χ0v) is 21.5. The van der Waals surface area contributed by atoms with Gasteiger partial charge in [0.2, 0.25) is 11.5 Å². The van der Waals surface area contributed by atoms with Gasteiger partial charge < -0.3 is 30.7 Å². The number of fused-ring (bicyclic) bond motifs is 1. The monoisotopic (exact) mass is 532 g/mol. The number of allylic oxidation sites excluding steroid dienone is 3. The first-order valence-corrected chi connectivity index (χ1v) is 13.2. The lowest BCUT2D eigenvalue weighted by atomic mass is 10.0. The summed E-state index contributed by atoms with van der Waals surface area (Å²) in [6, 6.07) is 6.37. The van der Waals surface area contributed by atoms with Crippen molar-refractivity contribution in [3.63, 3.8) is 0 Å². The number of phenols is 1. The van der Waals surface area contributed by atoms with E-state index in [1.807, 2.05) is 0 Å². The molecule has 1 atom stereocenters. The number of phenolic OH excluding ortho intramolecular Hbond substituents is 1. The first-order chi connectivity index (χ1) is 17.8. The zero-order chi connectivity index (χ0) is 26.4. The van der Waals surface area contributed by atoms with Gasteiger partial charge in [-0.1, -0.05) is 23.7 Å². The maximum Gasteiger partial charge on any atom is 0.248 e. The van der Waals surface area contributed by atoms with Crippen LogP contribution in [0.5, 0.6) is 5.75 Å². The van der Waals surface area contributed by atoms with E-state index in [9.17, 15) is 24.2 Å². The molecule has 4 rings (SSSR count). The number of hydrogen-bond donors (Lipinski definition) is 5. The van der Waals surface area contributed by atoms with Crippen molar-refractivity contribution in [2.75, 3.05) is 32.7 Å². The Morgan fingerprint density at radius 1 is 1.24 bits per heavy atom. The fourth-order valence-corrected chi connectivity index (χ4v) is 5.17. The van der Waals surface area contributed by atoms with Crippen LogP contribution in [-0.4, -0.2) is 64.8 Å². The van der Waals surface area contributed by atoms with Gasteiger partial charge in [-0.3, -0.25) is 9.59 Å². The predicted molar refractivity (Wildman–Crippen MR) is 142 cm³/mol. The number of aromatic amines is 1. The lowest BCUT2D eigenvalue weighted by Gasteiger charge is -2.32. The fraction of sp³-hybridized carbons (Fsp3) is 0.481. The van der Waals surface area contributed by atoms with Crippen LogP contribution in [0.2, 0.25) is 0 Å². The normalized spacial score (nSPS) is 18.5. The first-order valence-electron chi connectivity index (χ1n) is 12.8. The summed E-state index contributed by atoms with van der Waals surface area (Å²) in [5, 5.41) is 27.8. The van der Waals surface area contributed by atoms with Crippen molar-refractivity contribution in [3.8, 4) is 5.75 Å². The number of piperidine rings is 1. The van der Waals surface area contributed by atoms with Gasteiger partial charge in [-0.15, -0.1) is 0 Å². The van der Waals surface area contributed by atoms with E-state index in [-0.39, 0.29) is 34.8 Å². The number of hydrogen-bond acceptors (Lipinski definition) is 6. The lowest BCUT2D eigenvalue weighted by Crippen LogP contribution is -2.44. The summed E-state index contributed by atoms with van der Waals surface area (Å²) in [5.74, 6) is -0.545. The number of aromatic nitrogens is 1. The van der Waals surface area contributed by atoms with Gasteiger partial charge in [0, 0.05) is 43.5 Å². The van der Waals surface area contributed by atoms with Gasteiger partial charge in [0.15, 0.2) is 0 Å². The van der Waals surface area contributed by atoms with Crippen LogP contribution in [0.15, 0.2) is 51.6 Å². The third-order valence-corrected chi connectivity index (χ3v) is 7.45. The minimum atomic E-state index is -0.797. The fourth-order valence-electron chi connectivity index (χ4n) is 4.93.